The first-order chi connectivity index (χ1) is 12.8. The van der Waals surface area contributed by atoms with Gasteiger partial charge in [-0.3, -0.25) is 5.10 Å². The molecule has 3 N–H and O–H groups in total. The molecule has 27 heavy (non-hydrogen) atoms. The summed E-state index contributed by atoms with van der Waals surface area (Å²) in [7, 11) is 0. The van der Waals surface area contributed by atoms with E-state index in [9.17, 15) is 0 Å². The fraction of sp³-hybridized carbons (Fsp3) is 0.611. The second-order valence-corrected chi connectivity index (χ2v) is 6.54. The van der Waals surface area contributed by atoms with E-state index in [1.165, 1.54) is 13.0 Å². The summed E-state index contributed by atoms with van der Waals surface area (Å²) >= 11 is 0. The van der Waals surface area contributed by atoms with Crippen molar-refractivity contribution >= 4 is 29.9 Å². The van der Waals surface area contributed by atoms with Crippen LogP contribution in [-0.2, 0) is 6.54 Å². The van der Waals surface area contributed by atoms with Crippen molar-refractivity contribution in [2.75, 3.05) is 26.2 Å². The number of aliphatic imine (C=N–C) groups is 1. The SMILES string of the molecule is CCCN1CCC(NC(=NCc2nc(-c3ccco3)n[nH]2)NCC)CC1.I. The summed E-state index contributed by atoms with van der Waals surface area (Å²) in [6.07, 6.45) is 5.13. The lowest BCUT2D eigenvalue weighted by Gasteiger charge is -2.32. The van der Waals surface area contributed by atoms with Gasteiger partial charge in [-0.2, -0.15) is 0 Å². The molecule has 0 atom stereocenters. The Balaban J connectivity index is 0.00000261. The van der Waals surface area contributed by atoms with E-state index in [1.54, 1.807) is 6.26 Å². The molecular weight excluding hydrogens is 457 g/mol. The highest BCUT2D eigenvalue weighted by Gasteiger charge is 2.19. The molecule has 0 saturated carbocycles. The van der Waals surface area contributed by atoms with Crippen LogP contribution >= 0.6 is 24.0 Å². The average molecular weight is 487 g/mol. The van der Waals surface area contributed by atoms with E-state index in [-0.39, 0.29) is 24.0 Å². The predicted molar refractivity (Wildman–Crippen MR) is 117 cm³/mol. The number of hydrogen-bond donors (Lipinski definition) is 3. The lowest BCUT2D eigenvalue weighted by molar-refractivity contribution is 0.206. The predicted octanol–water partition coefficient (Wildman–Crippen LogP) is 2.61. The van der Waals surface area contributed by atoms with Crippen molar-refractivity contribution in [3.63, 3.8) is 0 Å². The smallest absolute Gasteiger partial charge is 0.216 e. The molecule has 150 valence electrons. The van der Waals surface area contributed by atoms with Gasteiger partial charge in [-0.05, 0) is 44.9 Å². The number of H-pyrrole nitrogens is 1. The second-order valence-electron chi connectivity index (χ2n) is 6.54. The third-order valence-corrected chi connectivity index (χ3v) is 4.47. The summed E-state index contributed by atoms with van der Waals surface area (Å²) in [6, 6.07) is 4.13. The molecule has 2 aromatic rings. The monoisotopic (exact) mass is 487 g/mol. The Morgan fingerprint density at radius 2 is 2.19 bits per heavy atom. The largest absolute Gasteiger partial charge is 0.461 e. The molecule has 8 nitrogen and oxygen atoms in total. The Hall–Kier alpha value is -1.62. The molecule has 0 aliphatic carbocycles. The van der Waals surface area contributed by atoms with Gasteiger partial charge in [-0.15, -0.1) is 29.1 Å². The van der Waals surface area contributed by atoms with Gasteiger partial charge >= 0.3 is 0 Å². The fourth-order valence-corrected chi connectivity index (χ4v) is 3.17. The van der Waals surface area contributed by atoms with E-state index in [0.29, 0.717) is 30.0 Å². The van der Waals surface area contributed by atoms with E-state index in [2.05, 4.69) is 49.6 Å². The second kappa shape index (κ2) is 11.3. The summed E-state index contributed by atoms with van der Waals surface area (Å²) in [4.78, 5) is 11.6. The number of hydrogen-bond acceptors (Lipinski definition) is 5. The van der Waals surface area contributed by atoms with Gasteiger partial charge in [-0.25, -0.2) is 9.98 Å². The molecular formula is C18H30IN7O. The minimum atomic E-state index is 0. The minimum absolute atomic E-state index is 0. The van der Waals surface area contributed by atoms with Gasteiger partial charge in [0.15, 0.2) is 11.7 Å². The van der Waals surface area contributed by atoms with Crippen molar-refractivity contribution in [3.8, 4) is 11.6 Å². The Morgan fingerprint density at radius 3 is 2.85 bits per heavy atom. The number of halogens is 1. The molecule has 0 unspecified atom stereocenters. The van der Waals surface area contributed by atoms with Crippen LogP contribution in [-0.4, -0.2) is 58.3 Å². The van der Waals surface area contributed by atoms with Crippen LogP contribution in [0.3, 0.4) is 0 Å². The zero-order valence-corrected chi connectivity index (χ0v) is 18.4. The van der Waals surface area contributed by atoms with Gasteiger partial charge in [0, 0.05) is 25.7 Å². The normalized spacial score (nSPS) is 16.1. The Labute approximate surface area is 177 Å². The maximum atomic E-state index is 5.31. The third kappa shape index (κ3) is 6.49. The van der Waals surface area contributed by atoms with Gasteiger partial charge < -0.3 is 20.0 Å². The van der Waals surface area contributed by atoms with Crippen LogP contribution in [0, 0.1) is 0 Å². The number of likely N-dealkylation sites (tertiary alicyclic amines) is 1. The van der Waals surface area contributed by atoms with Crippen molar-refractivity contribution in [1.82, 2.24) is 30.7 Å². The first-order valence-electron chi connectivity index (χ1n) is 9.50. The number of aromatic nitrogens is 3. The van der Waals surface area contributed by atoms with Gasteiger partial charge in [0.2, 0.25) is 5.82 Å². The summed E-state index contributed by atoms with van der Waals surface area (Å²) < 4.78 is 5.31. The molecule has 0 aromatic carbocycles. The number of nitrogens with zero attached hydrogens (tertiary/aromatic N) is 4. The zero-order chi connectivity index (χ0) is 18.2. The number of piperidine rings is 1. The van der Waals surface area contributed by atoms with Gasteiger partial charge in [0.05, 0.1) is 6.26 Å². The molecule has 3 heterocycles. The maximum Gasteiger partial charge on any atom is 0.216 e. The van der Waals surface area contributed by atoms with Gasteiger partial charge in [0.25, 0.3) is 0 Å². The molecule has 1 fully saturated rings. The Bertz CT molecular complexity index is 678. The van der Waals surface area contributed by atoms with E-state index in [0.717, 1.165) is 38.4 Å². The Morgan fingerprint density at radius 1 is 1.37 bits per heavy atom. The summed E-state index contributed by atoms with van der Waals surface area (Å²) in [5, 5.41) is 14.0. The molecule has 0 radical (unpaired) electrons. The van der Waals surface area contributed by atoms with Crippen molar-refractivity contribution in [3.05, 3.63) is 24.2 Å². The summed E-state index contributed by atoms with van der Waals surface area (Å²) in [6.45, 7) is 9.08. The topological polar surface area (TPSA) is 94.4 Å². The van der Waals surface area contributed by atoms with Crippen molar-refractivity contribution in [2.24, 2.45) is 4.99 Å². The van der Waals surface area contributed by atoms with Crippen molar-refractivity contribution in [2.45, 2.75) is 45.7 Å². The van der Waals surface area contributed by atoms with Gasteiger partial charge in [0.1, 0.15) is 12.4 Å². The van der Waals surface area contributed by atoms with Crippen LogP contribution in [0.2, 0.25) is 0 Å². The first kappa shape index (κ1) is 21.7. The average Bonchev–Trinajstić information content (AvgIpc) is 3.33. The molecule has 1 saturated heterocycles. The molecule has 3 rings (SSSR count). The quantitative estimate of drug-likeness (QED) is 0.316. The van der Waals surface area contributed by atoms with Crippen LogP contribution in [0.5, 0.6) is 0 Å². The van der Waals surface area contributed by atoms with Crippen molar-refractivity contribution < 1.29 is 4.42 Å². The molecule has 0 spiro atoms. The van der Waals surface area contributed by atoms with E-state index < -0.39 is 0 Å². The van der Waals surface area contributed by atoms with Crippen LogP contribution < -0.4 is 10.6 Å². The first-order valence-corrected chi connectivity index (χ1v) is 9.50. The zero-order valence-electron chi connectivity index (χ0n) is 16.1. The lowest BCUT2D eigenvalue weighted by atomic mass is 10.1. The van der Waals surface area contributed by atoms with Crippen LogP contribution in [0.15, 0.2) is 27.8 Å². The van der Waals surface area contributed by atoms with Crippen LogP contribution in [0.1, 0.15) is 38.9 Å². The third-order valence-electron chi connectivity index (χ3n) is 4.47. The number of guanidine groups is 1. The Kier molecular flexibility index (Phi) is 9.05. The number of nitrogens with one attached hydrogen (secondary N) is 3. The standard InChI is InChI=1S/C18H29N7O.HI/c1-3-9-25-10-7-14(8-11-25)21-18(19-4-2)20-13-16-22-17(24-23-16)15-6-5-12-26-15;/h5-6,12,14H,3-4,7-11,13H2,1-2H3,(H2,19,20,21)(H,22,23,24);1H. The molecule has 1 aliphatic heterocycles. The number of rotatable bonds is 7. The maximum absolute atomic E-state index is 5.31. The number of aromatic amines is 1. The van der Waals surface area contributed by atoms with E-state index in [1.807, 2.05) is 12.1 Å². The van der Waals surface area contributed by atoms with Crippen LogP contribution in [0.4, 0.5) is 0 Å². The minimum Gasteiger partial charge on any atom is -0.461 e. The highest BCUT2D eigenvalue weighted by molar-refractivity contribution is 14.0. The van der Waals surface area contributed by atoms with Crippen molar-refractivity contribution in [1.29, 1.82) is 0 Å². The van der Waals surface area contributed by atoms with Crippen LogP contribution in [0.25, 0.3) is 11.6 Å². The molecule has 0 bridgehead atoms. The van der Waals surface area contributed by atoms with E-state index >= 15 is 0 Å². The summed E-state index contributed by atoms with van der Waals surface area (Å²) in [5.41, 5.74) is 0. The summed E-state index contributed by atoms with van der Waals surface area (Å²) in [5.74, 6) is 2.76. The number of furan rings is 1. The highest BCUT2D eigenvalue weighted by Crippen LogP contribution is 2.14. The molecule has 9 heteroatoms. The molecule has 1 aliphatic rings. The van der Waals surface area contributed by atoms with E-state index in [4.69, 9.17) is 4.42 Å². The molecule has 2 aromatic heterocycles. The highest BCUT2D eigenvalue weighted by atomic mass is 127. The lowest BCUT2D eigenvalue weighted by Crippen LogP contribution is -2.48. The fourth-order valence-electron chi connectivity index (χ4n) is 3.17. The molecule has 0 amide bonds. The van der Waals surface area contributed by atoms with Gasteiger partial charge in [-0.1, -0.05) is 6.92 Å².